The second-order valence-corrected chi connectivity index (χ2v) is 8.41. The number of carbonyl (C=O) groups is 1. The Morgan fingerprint density at radius 3 is 2.41 bits per heavy atom. The van der Waals surface area contributed by atoms with Crippen LogP contribution in [0.4, 0.5) is 5.69 Å². The van der Waals surface area contributed by atoms with Crippen LogP contribution in [0, 0.1) is 0 Å². The van der Waals surface area contributed by atoms with Gasteiger partial charge in [-0.25, -0.2) is 8.42 Å². The fourth-order valence-electron chi connectivity index (χ4n) is 2.82. The van der Waals surface area contributed by atoms with Crippen molar-refractivity contribution in [2.45, 2.75) is 17.9 Å². The summed E-state index contributed by atoms with van der Waals surface area (Å²) in [4.78, 5) is 12.6. The predicted molar refractivity (Wildman–Crippen MR) is 108 cm³/mol. The van der Waals surface area contributed by atoms with Crippen LogP contribution in [0.25, 0.3) is 0 Å². The third kappa shape index (κ3) is 5.26. The summed E-state index contributed by atoms with van der Waals surface area (Å²) in [6, 6.07) is 13.1. The molecule has 0 unspecified atom stereocenters. The highest BCUT2D eigenvalue weighted by atomic mass is 32.2. The quantitative estimate of drug-likeness (QED) is 0.737. The van der Waals surface area contributed by atoms with Gasteiger partial charge in [0.25, 0.3) is 5.91 Å². The van der Waals surface area contributed by atoms with E-state index in [0.717, 1.165) is 0 Å². The number of methoxy groups -OCH3 is 1. The molecule has 0 aromatic heterocycles. The average molecular weight is 420 g/mol. The molecule has 0 radical (unpaired) electrons. The maximum Gasteiger partial charge on any atom is 0.265 e. The third-order valence-corrected chi connectivity index (χ3v) is 6.37. The predicted octanol–water partition coefficient (Wildman–Crippen LogP) is 2.12. The lowest BCUT2D eigenvalue weighted by Crippen LogP contribution is -2.40. The summed E-state index contributed by atoms with van der Waals surface area (Å²) in [5, 5.41) is 2.73. The number of rotatable bonds is 7. The number of sulfonamides is 1. The molecule has 2 aromatic rings. The van der Waals surface area contributed by atoms with Gasteiger partial charge in [0.15, 0.2) is 6.10 Å². The van der Waals surface area contributed by atoms with Gasteiger partial charge in [-0.05, 0) is 43.3 Å². The van der Waals surface area contributed by atoms with Crippen LogP contribution in [0.2, 0.25) is 0 Å². The number of nitrogens with zero attached hydrogens (tertiary/aromatic N) is 1. The number of anilines is 1. The number of carbonyl (C=O) groups excluding carboxylic acids is 1. The van der Waals surface area contributed by atoms with Crippen LogP contribution in [0.3, 0.4) is 0 Å². The number of ether oxygens (including phenoxy) is 3. The molecule has 1 heterocycles. The van der Waals surface area contributed by atoms with Gasteiger partial charge in [0.1, 0.15) is 11.5 Å². The summed E-state index contributed by atoms with van der Waals surface area (Å²) in [6.45, 7) is 3.07. The molecule has 1 amide bonds. The first-order valence-corrected chi connectivity index (χ1v) is 10.6. The maximum atomic E-state index is 12.6. The zero-order valence-corrected chi connectivity index (χ0v) is 17.1. The fourth-order valence-corrected chi connectivity index (χ4v) is 4.23. The Morgan fingerprint density at radius 1 is 1.10 bits per heavy atom. The summed E-state index contributed by atoms with van der Waals surface area (Å²) in [6.07, 6.45) is -0.751. The van der Waals surface area contributed by atoms with Crippen LogP contribution >= 0.6 is 0 Å². The number of benzene rings is 2. The molecule has 1 aliphatic heterocycles. The van der Waals surface area contributed by atoms with Crippen molar-refractivity contribution in [2.75, 3.05) is 38.7 Å². The molecule has 1 N–H and O–H groups in total. The Labute approximate surface area is 170 Å². The van der Waals surface area contributed by atoms with E-state index in [1.165, 1.54) is 16.4 Å². The van der Waals surface area contributed by atoms with E-state index in [0.29, 0.717) is 43.5 Å². The molecule has 9 heteroatoms. The van der Waals surface area contributed by atoms with Crippen LogP contribution in [-0.2, 0) is 19.6 Å². The molecule has 8 nitrogen and oxygen atoms in total. The fraction of sp³-hybridized carbons (Fsp3) is 0.350. The minimum atomic E-state index is -3.57. The Morgan fingerprint density at radius 2 is 1.76 bits per heavy atom. The number of morpholine rings is 1. The van der Waals surface area contributed by atoms with Crippen molar-refractivity contribution in [3.05, 3.63) is 48.5 Å². The molecule has 0 aliphatic carbocycles. The van der Waals surface area contributed by atoms with Crippen molar-refractivity contribution in [3.8, 4) is 11.5 Å². The highest BCUT2D eigenvalue weighted by molar-refractivity contribution is 7.89. The van der Waals surface area contributed by atoms with Gasteiger partial charge in [-0.15, -0.1) is 0 Å². The second-order valence-electron chi connectivity index (χ2n) is 6.47. The molecule has 2 aromatic carbocycles. The molecule has 0 saturated carbocycles. The van der Waals surface area contributed by atoms with E-state index < -0.39 is 16.1 Å². The zero-order chi connectivity index (χ0) is 20.9. The number of amides is 1. The van der Waals surface area contributed by atoms with E-state index in [1.54, 1.807) is 50.4 Å². The number of hydrogen-bond donors (Lipinski definition) is 1. The van der Waals surface area contributed by atoms with E-state index in [1.807, 2.05) is 0 Å². The summed E-state index contributed by atoms with van der Waals surface area (Å²) < 4.78 is 42.6. The van der Waals surface area contributed by atoms with E-state index >= 15 is 0 Å². The third-order valence-electron chi connectivity index (χ3n) is 4.45. The molecule has 3 rings (SSSR count). The van der Waals surface area contributed by atoms with Gasteiger partial charge < -0.3 is 19.5 Å². The first-order valence-electron chi connectivity index (χ1n) is 9.19. The van der Waals surface area contributed by atoms with E-state index in [9.17, 15) is 13.2 Å². The van der Waals surface area contributed by atoms with Crippen LogP contribution in [0.15, 0.2) is 53.4 Å². The Balaban J connectivity index is 1.61. The van der Waals surface area contributed by atoms with Gasteiger partial charge in [-0.3, -0.25) is 4.79 Å². The van der Waals surface area contributed by atoms with Gasteiger partial charge in [-0.2, -0.15) is 4.31 Å². The summed E-state index contributed by atoms with van der Waals surface area (Å²) in [5.74, 6) is 0.794. The summed E-state index contributed by atoms with van der Waals surface area (Å²) in [5.41, 5.74) is 0.483. The van der Waals surface area contributed by atoms with Crippen molar-refractivity contribution in [2.24, 2.45) is 0 Å². The van der Waals surface area contributed by atoms with Crippen molar-refractivity contribution in [1.82, 2.24) is 4.31 Å². The molecular weight excluding hydrogens is 396 g/mol. The molecule has 1 aliphatic rings. The SMILES string of the molecule is COc1cccc(O[C@H](C)C(=O)Nc2ccc(S(=O)(=O)N3CCOCC3)cc2)c1. The summed E-state index contributed by atoms with van der Waals surface area (Å²) in [7, 11) is -2.01. The lowest BCUT2D eigenvalue weighted by molar-refractivity contribution is -0.122. The highest BCUT2D eigenvalue weighted by Gasteiger charge is 2.26. The lowest BCUT2D eigenvalue weighted by Gasteiger charge is -2.26. The number of hydrogen-bond acceptors (Lipinski definition) is 6. The molecule has 1 saturated heterocycles. The monoisotopic (exact) mass is 420 g/mol. The molecule has 1 fully saturated rings. The molecule has 1 atom stereocenters. The van der Waals surface area contributed by atoms with Crippen LogP contribution in [0.5, 0.6) is 11.5 Å². The standard InChI is InChI=1S/C20H24N2O6S/c1-15(28-18-5-3-4-17(14-18)26-2)20(23)21-16-6-8-19(9-7-16)29(24,25)22-10-12-27-13-11-22/h3-9,14-15H,10-13H2,1-2H3,(H,21,23)/t15-/m1/s1. The van der Waals surface area contributed by atoms with Gasteiger partial charge in [0.05, 0.1) is 25.2 Å². The van der Waals surface area contributed by atoms with Crippen molar-refractivity contribution in [3.63, 3.8) is 0 Å². The van der Waals surface area contributed by atoms with Crippen molar-refractivity contribution >= 4 is 21.6 Å². The topological polar surface area (TPSA) is 94.2 Å². The minimum Gasteiger partial charge on any atom is -0.497 e. The van der Waals surface area contributed by atoms with Gasteiger partial charge >= 0.3 is 0 Å². The lowest BCUT2D eigenvalue weighted by atomic mass is 10.3. The Kier molecular flexibility index (Phi) is 6.73. The Bertz CT molecular complexity index is 940. The maximum absolute atomic E-state index is 12.6. The van der Waals surface area contributed by atoms with Crippen molar-refractivity contribution < 1.29 is 27.4 Å². The van der Waals surface area contributed by atoms with Crippen molar-refractivity contribution in [1.29, 1.82) is 0 Å². The first-order chi connectivity index (χ1) is 13.9. The second kappa shape index (κ2) is 9.25. The largest absolute Gasteiger partial charge is 0.497 e. The molecule has 29 heavy (non-hydrogen) atoms. The van der Waals surface area contributed by atoms with Crippen LogP contribution in [0.1, 0.15) is 6.92 Å². The average Bonchev–Trinajstić information content (AvgIpc) is 2.75. The van der Waals surface area contributed by atoms with Gasteiger partial charge in [0, 0.05) is 24.8 Å². The molecule has 0 bridgehead atoms. The van der Waals surface area contributed by atoms with E-state index in [4.69, 9.17) is 14.2 Å². The van der Waals surface area contributed by atoms with E-state index in [-0.39, 0.29) is 10.8 Å². The summed E-state index contributed by atoms with van der Waals surface area (Å²) >= 11 is 0. The first kappa shape index (κ1) is 21.1. The highest BCUT2D eigenvalue weighted by Crippen LogP contribution is 2.22. The number of nitrogens with one attached hydrogen (secondary N) is 1. The smallest absolute Gasteiger partial charge is 0.265 e. The van der Waals surface area contributed by atoms with Crippen LogP contribution < -0.4 is 14.8 Å². The molecule has 156 valence electrons. The van der Waals surface area contributed by atoms with Gasteiger partial charge in [-0.1, -0.05) is 6.07 Å². The van der Waals surface area contributed by atoms with Gasteiger partial charge in [0.2, 0.25) is 10.0 Å². The molecule has 0 spiro atoms. The minimum absolute atomic E-state index is 0.179. The molecular formula is C20H24N2O6S. The van der Waals surface area contributed by atoms with E-state index in [2.05, 4.69) is 5.32 Å². The Hall–Kier alpha value is -2.62. The van der Waals surface area contributed by atoms with Crippen LogP contribution in [-0.4, -0.2) is 58.1 Å². The normalized spacial score (nSPS) is 16.1. The zero-order valence-electron chi connectivity index (χ0n) is 16.3.